The van der Waals surface area contributed by atoms with E-state index in [-0.39, 0.29) is 11.5 Å². The Morgan fingerprint density at radius 3 is 2.58 bits per heavy atom. The van der Waals surface area contributed by atoms with E-state index >= 15 is 0 Å². The second kappa shape index (κ2) is 3.45. The van der Waals surface area contributed by atoms with Gasteiger partial charge in [0.2, 0.25) is 5.88 Å². The number of ether oxygens (including phenoxy) is 1. The van der Waals surface area contributed by atoms with Gasteiger partial charge in [-0.15, -0.1) is 0 Å². The van der Waals surface area contributed by atoms with E-state index in [4.69, 9.17) is 14.9 Å². The molecule has 0 spiro atoms. The Balaban J connectivity index is 2.45. The molecule has 3 rings (SSSR count). The Kier molecular flexibility index (Phi) is 2.16. The molecular weight excluding hydrogens is 240 g/mol. The molecule has 0 aliphatic carbocycles. The maximum atomic E-state index is 9.25. The van der Waals surface area contributed by atoms with E-state index in [1.54, 1.807) is 0 Å². The van der Waals surface area contributed by atoms with Gasteiger partial charge in [0.25, 0.3) is 0 Å². The van der Waals surface area contributed by atoms with Gasteiger partial charge in [-0.05, 0) is 33.3 Å². The number of nitriles is 1. The highest BCUT2D eigenvalue weighted by atomic mass is 16.5. The van der Waals surface area contributed by atoms with Crippen molar-refractivity contribution in [3.05, 3.63) is 22.3 Å². The molecule has 0 fully saturated rings. The van der Waals surface area contributed by atoms with E-state index < -0.39 is 0 Å². The lowest BCUT2D eigenvalue weighted by Gasteiger charge is -2.17. The molecule has 2 aromatic rings. The van der Waals surface area contributed by atoms with Crippen LogP contribution >= 0.6 is 0 Å². The third-order valence-corrected chi connectivity index (χ3v) is 3.81. The second-order valence-corrected chi connectivity index (χ2v) is 5.75. The zero-order valence-electron chi connectivity index (χ0n) is 11.5. The molecule has 0 unspecified atom stereocenters. The lowest BCUT2D eigenvalue weighted by atomic mass is 9.93. The maximum Gasteiger partial charge on any atom is 0.209 e. The third kappa shape index (κ3) is 1.45. The van der Waals surface area contributed by atoms with E-state index in [1.807, 2.05) is 13.8 Å². The van der Waals surface area contributed by atoms with Gasteiger partial charge in [-0.3, -0.25) is 0 Å². The molecule has 4 nitrogen and oxygen atoms in total. The zero-order valence-corrected chi connectivity index (χ0v) is 11.5. The molecule has 2 N–H and O–H groups in total. The first-order valence-electron chi connectivity index (χ1n) is 6.29. The molecule has 0 saturated carbocycles. The summed E-state index contributed by atoms with van der Waals surface area (Å²) in [4.78, 5) is 0. The molecule has 98 valence electrons. The molecule has 0 radical (unpaired) electrons. The molecule has 1 aliphatic heterocycles. The second-order valence-electron chi connectivity index (χ2n) is 5.75. The number of nitrogen functional groups attached to an aromatic ring is 1. The number of furan rings is 1. The van der Waals surface area contributed by atoms with Crippen molar-refractivity contribution in [2.75, 3.05) is 5.73 Å². The van der Waals surface area contributed by atoms with E-state index in [9.17, 15) is 5.26 Å². The molecule has 19 heavy (non-hydrogen) atoms. The van der Waals surface area contributed by atoms with Crippen molar-refractivity contribution in [1.29, 1.82) is 5.26 Å². The van der Waals surface area contributed by atoms with Crippen LogP contribution in [0.3, 0.4) is 0 Å². The van der Waals surface area contributed by atoms with Crippen LogP contribution in [0, 0.1) is 25.2 Å². The Hall–Kier alpha value is -2.15. The number of hydrogen-bond acceptors (Lipinski definition) is 4. The lowest BCUT2D eigenvalue weighted by molar-refractivity contribution is 0.137. The van der Waals surface area contributed by atoms with Crippen molar-refractivity contribution >= 4 is 16.9 Å². The van der Waals surface area contributed by atoms with Crippen LogP contribution in [0.15, 0.2) is 4.42 Å². The Labute approximate surface area is 111 Å². The summed E-state index contributed by atoms with van der Waals surface area (Å²) in [5, 5.41) is 10.1. The molecule has 0 atom stereocenters. The van der Waals surface area contributed by atoms with E-state index in [0.29, 0.717) is 11.1 Å². The summed E-state index contributed by atoms with van der Waals surface area (Å²) < 4.78 is 11.6. The van der Waals surface area contributed by atoms with Crippen molar-refractivity contribution in [2.45, 2.75) is 39.7 Å². The molecule has 0 bridgehead atoms. The number of aryl methyl sites for hydroxylation is 2. The minimum Gasteiger partial charge on any atom is -0.487 e. The SMILES string of the molecule is Cc1c2c(c(C)c3c(C#N)c(N)oc13)CC(C)(C)O2. The summed E-state index contributed by atoms with van der Waals surface area (Å²) in [5.74, 6) is 1.07. The Morgan fingerprint density at radius 2 is 1.95 bits per heavy atom. The van der Waals surface area contributed by atoms with Gasteiger partial charge in [-0.2, -0.15) is 5.26 Å². The highest BCUT2D eigenvalue weighted by Crippen LogP contribution is 2.46. The summed E-state index contributed by atoms with van der Waals surface area (Å²) in [6, 6.07) is 2.14. The number of nitrogens with two attached hydrogens (primary N) is 1. The number of fused-ring (bicyclic) bond motifs is 2. The summed E-state index contributed by atoms with van der Waals surface area (Å²) in [7, 11) is 0. The number of rotatable bonds is 0. The van der Waals surface area contributed by atoms with Crippen molar-refractivity contribution in [3.63, 3.8) is 0 Å². The molecule has 4 heteroatoms. The minimum atomic E-state index is -0.213. The molecule has 1 aromatic carbocycles. The fourth-order valence-corrected chi connectivity index (χ4v) is 2.92. The highest BCUT2D eigenvalue weighted by molar-refractivity contribution is 5.96. The topological polar surface area (TPSA) is 72.2 Å². The van der Waals surface area contributed by atoms with Crippen LogP contribution in [0.4, 0.5) is 5.88 Å². The van der Waals surface area contributed by atoms with Gasteiger partial charge < -0.3 is 14.9 Å². The normalized spacial score (nSPS) is 16.2. The highest BCUT2D eigenvalue weighted by Gasteiger charge is 2.35. The van der Waals surface area contributed by atoms with Crippen LogP contribution in [0.1, 0.15) is 36.1 Å². The van der Waals surface area contributed by atoms with E-state index in [2.05, 4.69) is 19.9 Å². The van der Waals surface area contributed by atoms with Crippen LogP contribution < -0.4 is 10.5 Å². The first-order valence-corrected chi connectivity index (χ1v) is 6.29. The summed E-state index contributed by atoms with van der Waals surface area (Å²) >= 11 is 0. The predicted octanol–water partition coefficient (Wildman–Crippen LogP) is 3.22. The summed E-state index contributed by atoms with van der Waals surface area (Å²) in [6.07, 6.45) is 0.834. The largest absolute Gasteiger partial charge is 0.487 e. The van der Waals surface area contributed by atoms with Crippen LogP contribution in [0.25, 0.3) is 11.0 Å². The minimum absolute atomic E-state index is 0.187. The standard InChI is InChI=1S/C15H16N2O2/c1-7-9-5-15(3,4)19-12(9)8(2)13-11(7)10(6-16)14(17)18-13/h5,17H2,1-4H3. The van der Waals surface area contributed by atoms with Gasteiger partial charge in [0.15, 0.2) is 0 Å². The van der Waals surface area contributed by atoms with Crippen molar-refractivity contribution in [1.82, 2.24) is 0 Å². The van der Waals surface area contributed by atoms with Crippen LogP contribution in [0.5, 0.6) is 5.75 Å². The molecule has 0 saturated heterocycles. The van der Waals surface area contributed by atoms with Crippen LogP contribution in [-0.4, -0.2) is 5.60 Å². The van der Waals surface area contributed by atoms with Gasteiger partial charge in [0.05, 0.1) is 0 Å². The first kappa shape index (κ1) is 11.9. The Bertz CT molecular complexity index is 748. The maximum absolute atomic E-state index is 9.25. The zero-order chi connectivity index (χ0) is 13.9. The molecule has 2 heterocycles. The Morgan fingerprint density at radius 1 is 1.26 bits per heavy atom. The average molecular weight is 256 g/mol. The van der Waals surface area contributed by atoms with Crippen LogP contribution in [-0.2, 0) is 6.42 Å². The smallest absolute Gasteiger partial charge is 0.209 e. The van der Waals surface area contributed by atoms with Gasteiger partial charge in [0.1, 0.15) is 28.6 Å². The van der Waals surface area contributed by atoms with Crippen molar-refractivity contribution < 1.29 is 9.15 Å². The van der Waals surface area contributed by atoms with Crippen molar-refractivity contribution in [3.8, 4) is 11.8 Å². The van der Waals surface area contributed by atoms with Crippen molar-refractivity contribution in [2.24, 2.45) is 0 Å². The first-order chi connectivity index (χ1) is 8.85. The molecule has 1 aliphatic rings. The molecular formula is C15H16N2O2. The monoisotopic (exact) mass is 256 g/mol. The number of nitrogens with zero attached hydrogens (tertiary/aromatic N) is 1. The van der Waals surface area contributed by atoms with Gasteiger partial charge >= 0.3 is 0 Å². The summed E-state index contributed by atoms with van der Waals surface area (Å²) in [6.45, 7) is 8.08. The lowest BCUT2D eigenvalue weighted by Crippen LogP contribution is -2.24. The predicted molar refractivity (Wildman–Crippen MR) is 73.2 cm³/mol. The number of hydrogen-bond donors (Lipinski definition) is 1. The van der Waals surface area contributed by atoms with E-state index in [0.717, 1.165) is 34.2 Å². The van der Waals surface area contributed by atoms with Gasteiger partial charge in [-0.25, -0.2) is 0 Å². The van der Waals surface area contributed by atoms with E-state index in [1.165, 1.54) is 0 Å². The van der Waals surface area contributed by atoms with Gasteiger partial charge in [0, 0.05) is 22.9 Å². The van der Waals surface area contributed by atoms with Crippen LogP contribution in [0.2, 0.25) is 0 Å². The number of anilines is 1. The molecule has 0 amide bonds. The third-order valence-electron chi connectivity index (χ3n) is 3.81. The fourth-order valence-electron chi connectivity index (χ4n) is 2.92. The number of benzene rings is 1. The summed E-state index contributed by atoms with van der Waals surface area (Å²) in [5.41, 5.74) is 9.80. The van der Waals surface area contributed by atoms with Gasteiger partial charge in [-0.1, -0.05) is 0 Å². The quantitative estimate of drug-likeness (QED) is 0.785. The average Bonchev–Trinajstić information content (AvgIpc) is 2.83. The molecule has 1 aromatic heterocycles. The fraction of sp³-hybridized carbons (Fsp3) is 0.400.